The van der Waals surface area contributed by atoms with Gasteiger partial charge < -0.3 is 16.2 Å². The lowest BCUT2D eigenvalue weighted by atomic mass is 9.89. The predicted molar refractivity (Wildman–Crippen MR) is 57.3 cm³/mol. The van der Waals surface area contributed by atoms with Crippen LogP contribution in [0.2, 0.25) is 0 Å². The van der Waals surface area contributed by atoms with Crippen LogP contribution >= 0.6 is 0 Å². The normalized spacial score (nSPS) is 23.6. The number of aliphatic hydroxyl groups is 1. The Labute approximate surface area is 92.3 Å². The molecular weight excluding hydrogens is 211 g/mol. The first kappa shape index (κ1) is 10.9. The maximum absolute atomic E-state index is 13.3. The molecule has 0 heterocycles. The molecule has 0 spiro atoms. The van der Waals surface area contributed by atoms with Gasteiger partial charge in [-0.1, -0.05) is 0 Å². The van der Waals surface area contributed by atoms with Gasteiger partial charge in [0.1, 0.15) is 5.82 Å². The molecule has 0 radical (unpaired) electrons. The SMILES string of the molecule is Nc1ccc(F)c(C(=O)NC2CC(O)C2)c1. The molecular formula is C11H13FN2O2. The standard InChI is InChI=1S/C11H13FN2O2/c12-10-2-1-6(13)3-9(10)11(16)14-7-4-8(15)5-7/h1-3,7-8,15H,4-5,13H2,(H,14,16). The Balaban J connectivity index is 2.05. The first-order valence-corrected chi connectivity index (χ1v) is 5.10. The summed E-state index contributed by atoms with van der Waals surface area (Å²) in [5, 5.41) is 11.7. The Kier molecular flexibility index (Phi) is 2.78. The molecule has 16 heavy (non-hydrogen) atoms. The molecule has 0 aliphatic heterocycles. The lowest BCUT2D eigenvalue weighted by molar-refractivity contribution is 0.0561. The maximum atomic E-state index is 13.3. The van der Waals surface area contributed by atoms with Crippen LogP contribution in [0.5, 0.6) is 0 Å². The number of anilines is 1. The minimum Gasteiger partial charge on any atom is -0.399 e. The third-order valence-electron chi connectivity index (χ3n) is 2.68. The quantitative estimate of drug-likeness (QED) is 0.646. The van der Waals surface area contributed by atoms with E-state index in [2.05, 4.69) is 5.32 Å². The summed E-state index contributed by atoms with van der Waals surface area (Å²) in [6.45, 7) is 0. The van der Waals surface area contributed by atoms with E-state index in [1.54, 1.807) is 0 Å². The Morgan fingerprint density at radius 2 is 2.19 bits per heavy atom. The fourth-order valence-corrected chi connectivity index (χ4v) is 1.69. The van der Waals surface area contributed by atoms with Crippen molar-refractivity contribution in [3.8, 4) is 0 Å². The van der Waals surface area contributed by atoms with Gasteiger partial charge in [-0.05, 0) is 31.0 Å². The van der Waals surface area contributed by atoms with Crippen LogP contribution in [0.15, 0.2) is 18.2 Å². The molecule has 1 saturated carbocycles. The van der Waals surface area contributed by atoms with Gasteiger partial charge in [0, 0.05) is 11.7 Å². The van der Waals surface area contributed by atoms with Gasteiger partial charge in [0.25, 0.3) is 5.91 Å². The van der Waals surface area contributed by atoms with Crippen molar-refractivity contribution in [3.63, 3.8) is 0 Å². The van der Waals surface area contributed by atoms with Crippen molar-refractivity contribution in [1.29, 1.82) is 0 Å². The zero-order valence-corrected chi connectivity index (χ0v) is 8.61. The monoisotopic (exact) mass is 224 g/mol. The Morgan fingerprint density at radius 1 is 1.50 bits per heavy atom. The third kappa shape index (κ3) is 2.14. The van der Waals surface area contributed by atoms with Gasteiger partial charge in [0.15, 0.2) is 0 Å². The molecule has 1 aliphatic rings. The number of nitrogen functional groups attached to an aromatic ring is 1. The Bertz CT molecular complexity index is 416. The number of amides is 1. The predicted octanol–water partition coefficient (Wildman–Crippen LogP) is 0.661. The third-order valence-corrected chi connectivity index (χ3v) is 2.68. The zero-order chi connectivity index (χ0) is 11.7. The summed E-state index contributed by atoms with van der Waals surface area (Å²) in [4.78, 5) is 11.6. The molecule has 0 saturated heterocycles. The second-order valence-electron chi connectivity index (χ2n) is 4.03. The van der Waals surface area contributed by atoms with Gasteiger partial charge in [-0.15, -0.1) is 0 Å². The fraction of sp³-hybridized carbons (Fsp3) is 0.364. The first-order valence-electron chi connectivity index (χ1n) is 5.10. The van der Waals surface area contributed by atoms with E-state index in [4.69, 9.17) is 10.8 Å². The summed E-state index contributed by atoms with van der Waals surface area (Å²) < 4.78 is 13.3. The second kappa shape index (κ2) is 4.09. The van der Waals surface area contributed by atoms with Crippen molar-refractivity contribution in [2.24, 2.45) is 0 Å². The topological polar surface area (TPSA) is 75.4 Å². The number of rotatable bonds is 2. The molecule has 2 rings (SSSR count). The number of hydrogen-bond donors (Lipinski definition) is 3. The average molecular weight is 224 g/mol. The number of carbonyl (C=O) groups excluding carboxylic acids is 1. The van der Waals surface area contributed by atoms with E-state index in [9.17, 15) is 9.18 Å². The molecule has 1 amide bonds. The number of aliphatic hydroxyl groups excluding tert-OH is 1. The maximum Gasteiger partial charge on any atom is 0.254 e. The molecule has 1 aromatic carbocycles. The minimum absolute atomic E-state index is 0.0543. The van der Waals surface area contributed by atoms with Gasteiger partial charge in [0.05, 0.1) is 11.7 Å². The van der Waals surface area contributed by atoms with E-state index in [0.717, 1.165) is 0 Å². The van der Waals surface area contributed by atoms with E-state index in [1.807, 2.05) is 0 Å². The molecule has 0 bridgehead atoms. The van der Waals surface area contributed by atoms with Gasteiger partial charge in [-0.2, -0.15) is 0 Å². The molecule has 5 heteroatoms. The van der Waals surface area contributed by atoms with Crippen molar-refractivity contribution in [2.75, 3.05) is 5.73 Å². The number of hydrogen-bond acceptors (Lipinski definition) is 3. The van der Waals surface area contributed by atoms with Crippen LogP contribution in [0, 0.1) is 5.82 Å². The highest BCUT2D eigenvalue weighted by Crippen LogP contribution is 2.20. The van der Waals surface area contributed by atoms with Crippen LogP contribution in [0.25, 0.3) is 0 Å². The largest absolute Gasteiger partial charge is 0.399 e. The van der Waals surface area contributed by atoms with Crippen molar-refractivity contribution in [3.05, 3.63) is 29.6 Å². The number of benzene rings is 1. The zero-order valence-electron chi connectivity index (χ0n) is 8.61. The summed E-state index contributed by atoms with van der Waals surface area (Å²) in [5.74, 6) is -1.08. The molecule has 0 aromatic heterocycles. The van der Waals surface area contributed by atoms with Crippen molar-refractivity contribution in [2.45, 2.75) is 25.0 Å². The lowest BCUT2D eigenvalue weighted by Gasteiger charge is -2.31. The number of nitrogens with two attached hydrogens (primary N) is 1. The highest BCUT2D eigenvalue weighted by molar-refractivity contribution is 5.95. The van der Waals surface area contributed by atoms with E-state index in [-0.39, 0.29) is 17.7 Å². The number of halogens is 1. The van der Waals surface area contributed by atoms with E-state index < -0.39 is 11.7 Å². The molecule has 0 unspecified atom stereocenters. The van der Waals surface area contributed by atoms with Gasteiger partial charge in [-0.25, -0.2) is 4.39 Å². The molecule has 1 aromatic rings. The fourth-order valence-electron chi connectivity index (χ4n) is 1.69. The van der Waals surface area contributed by atoms with E-state index in [0.29, 0.717) is 18.5 Å². The number of carbonyl (C=O) groups is 1. The lowest BCUT2D eigenvalue weighted by Crippen LogP contribution is -2.46. The highest BCUT2D eigenvalue weighted by atomic mass is 19.1. The van der Waals surface area contributed by atoms with Gasteiger partial charge in [0.2, 0.25) is 0 Å². The van der Waals surface area contributed by atoms with Crippen molar-refractivity contribution in [1.82, 2.24) is 5.32 Å². The molecule has 86 valence electrons. The summed E-state index contributed by atoms with van der Waals surface area (Å²) >= 11 is 0. The Morgan fingerprint density at radius 3 is 2.81 bits per heavy atom. The summed E-state index contributed by atoms with van der Waals surface area (Å²) in [6.07, 6.45) is 0.696. The van der Waals surface area contributed by atoms with E-state index >= 15 is 0 Å². The van der Waals surface area contributed by atoms with E-state index in [1.165, 1.54) is 18.2 Å². The van der Waals surface area contributed by atoms with Gasteiger partial charge in [-0.3, -0.25) is 4.79 Å². The Hall–Kier alpha value is -1.62. The summed E-state index contributed by atoms with van der Waals surface area (Å²) in [7, 11) is 0. The van der Waals surface area contributed by atoms with Gasteiger partial charge >= 0.3 is 0 Å². The van der Waals surface area contributed by atoms with Crippen LogP contribution < -0.4 is 11.1 Å². The molecule has 0 atom stereocenters. The second-order valence-corrected chi connectivity index (χ2v) is 4.03. The minimum atomic E-state index is -0.591. The highest BCUT2D eigenvalue weighted by Gasteiger charge is 2.29. The summed E-state index contributed by atoms with van der Waals surface area (Å²) in [5.41, 5.74) is 5.77. The number of nitrogens with one attached hydrogen (secondary N) is 1. The first-order chi connectivity index (χ1) is 7.56. The van der Waals surface area contributed by atoms with Crippen LogP contribution in [0.3, 0.4) is 0 Å². The summed E-state index contributed by atoms with van der Waals surface area (Å²) in [6, 6.07) is 3.81. The van der Waals surface area contributed by atoms with Crippen molar-refractivity contribution >= 4 is 11.6 Å². The molecule has 1 fully saturated rings. The van der Waals surface area contributed by atoms with Crippen LogP contribution in [0.1, 0.15) is 23.2 Å². The van der Waals surface area contributed by atoms with Crippen LogP contribution in [-0.2, 0) is 0 Å². The molecule has 4 N–H and O–H groups in total. The van der Waals surface area contributed by atoms with Crippen LogP contribution in [0.4, 0.5) is 10.1 Å². The average Bonchev–Trinajstić information content (AvgIpc) is 2.19. The van der Waals surface area contributed by atoms with Crippen LogP contribution in [-0.4, -0.2) is 23.2 Å². The smallest absolute Gasteiger partial charge is 0.254 e. The molecule has 1 aliphatic carbocycles. The molecule has 4 nitrogen and oxygen atoms in total. The van der Waals surface area contributed by atoms with Crippen molar-refractivity contribution < 1.29 is 14.3 Å².